The van der Waals surface area contributed by atoms with E-state index in [0.717, 1.165) is 41.1 Å². The number of nitrogens with zero attached hydrogens (tertiary/aromatic N) is 2. The number of amides is 1. The number of rotatable bonds is 3. The topological polar surface area (TPSA) is 68.0 Å². The van der Waals surface area contributed by atoms with E-state index >= 15 is 0 Å². The second kappa shape index (κ2) is 5.39. The van der Waals surface area contributed by atoms with Crippen LogP contribution in [0.4, 0.5) is 0 Å². The van der Waals surface area contributed by atoms with Gasteiger partial charge in [-0.2, -0.15) is 0 Å². The van der Waals surface area contributed by atoms with Gasteiger partial charge in [0.2, 0.25) is 0 Å². The van der Waals surface area contributed by atoms with Crippen molar-refractivity contribution in [3.8, 4) is 10.6 Å². The number of hydrogen-bond donors (Lipinski definition) is 1. The van der Waals surface area contributed by atoms with Gasteiger partial charge < -0.3 is 9.84 Å². The van der Waals surface area contributed by atoms with Crippen molar-refractivity contribution in [2.45, 2.75) is 44.6 Å². The maximum atomic E-state index is 13.2. The Hall–Kier alpha value is -2.21. The molecular weight excluding hydrogens is 334 g/mol. The van der Waals surface area contributed by atoms with E-state index in [-0.39, 0.29) is 11.4 Å². The molecule has 5 nitrogen and oxygen atoms in total. The number of hydrogen-bond acceptors (Lipinski definition) is 5. The average molecular weight is 353 g/mol. The molecule has 25 heavy (non-hydrogen) atoms. The largest absolute Gasteiger partial charge is 0.347 e. The molecule has 0 saturated heterocycles. The zero-order valence-corrected chi connectivity index (χ0v) is 14.9. The minimum Gasteiger partial charge on any atom is -0.347 e. The van der Waals surface area contributed by atoms with Gasteiger partial charge >= 0.3 is 0 Å². The van der Waals surface area contributed by atoms with E-state index in [2.05, 4.69) is 15.5 Å². The summed E-state index contributed by atoms with van der Waals surface area (Å²) in [7, 11) is 0. The zero-order chi connectivity index (χ0) is 17.0. The molecule has 2 aliphatic carbocycles. The van der Waals surface area contributed by atoms with Crippen molar-refractivity contribution in [3.05, 3.63) is 34.8 Å². The first-order chi connectivity index (χ1) is 12.1. The van der Waals surface area contributed by atoms with Crippen LogP contribution in [0.5, 0.6) is 0 Å². The molecule has 2 aliphatic rings. The van der Waals surface area contributed by atoms with E-state index in [9.17, 15) is 4.79 Å². The summed E-state index contributed by atoms with van der Waals surface area (Å²) < 4.78 is 5.37. The van der Waals surface area contributed by atoms with Crippen molar-refractivity contribution < 1.29 is 9.32 Å². The summed E-state index contributed by atoms with van der Waals surface area (Å²) in [6.07, 6.45) is 5.78. The molecule has 2 fully saturated rings. The molecule has 6 heteroatoms. The van der Waals surface area contributed by atoms with Crippen LogP contribution in [-0.2, 0) is 0 Å². The first-order valence-electron chi connectivity index (χ1n) is 8.77. The highest BCUT2D eigenvalue weighted by Crippen LogP contribution is 2.47. The highest BCUT2D eigenvalue weighted by atomic mass is 32.1. The van der Waals surface area contributed by atoms with Crippen LogP contribution in [0.3, 0.4) is 0 Å². The van der Waals surface area contributed by atoms with Crippen LogP contribution in [0.15, 0.2) is 28.1 Å². The first kappa shape index (κ1) is 15.1. The smallest absolute Gasteiger partial charge is 0.259 e. The molecule has 0 radical (unpaired) electrons. The molecule has 0 aliphatic heterocycles. The van der Waals surface area contributed by atoms with Crippen LogP contribution in [0, 0.1) is 12.8 Å². The fraction of sp³-hybridized carbons (Fsp3) is 0.421. The Morgan fingerprint density at radius 2 is 2.24 bits per heavy atom. The average Bonchev–Trinajstić information content (AvgIpc) is 3.38. The monoisotopic (exact) mass is 353 g/mol. The highest BCUT2D eigenvalue weighted by Gasteiger charge is 2.45. The van der Waals surface area contributed by atoms with Gasteiger partial charge in [-0.1, -0.05) is 11.2 Å². The standard InChI is InChI=1S/C19H19N3O2S/c1-11-16-13(17(23)21-19-6-4-12(10-19)5-7-19)9-14(15-3-2-8-25-15)20-18(16)24-22-11/h2-3,8-9,12H,4-7,10H2,1H3,(H,21,23). The molecule has 1 amide bonds. The summed E-state index contributed by atoms with van der Waals surface area (Å²) in [5, 5.41) is 10.1. The number of carbonyl (C=O) groups excluding carboxylic acids is 1. The normalized spacial score (nSPS) is 24.9. The predicted octanol–water partition coefficient (Wildman–Crippen LogP) is 4.32. The molecule has 0 unspecified atom stereocenters. The highest BCUT2D eigenvalue weighted by molar-refractivity contribution is 7.13. The molecule has 2 saturated carbocycles. The van der Waals surface area contributed by atoms with Crippen molar-refractivity contribution in [2.75, 3.05) is 0 Å². The van der Waals surface area contributed by atoms with Crippen molar-refractivity contribution in [1.29, 1.82) is 0 Å². The number of nitrogens with one attached hydrogen (secondary N) is 1. The van der Waals surface area contributed by atoms with Crippen LogP contribution >= 0.6 is 11.3 Å². The van der Waals surface area contributed by atoms with E-state index < -0.39 is 0 Å². The Bertz CT molecular complexity index is 953. The van der Waals surface area contributed by atoms with Gasteiger partial charge in [-0.3, -0.25) is 4.79 Å². The van der Waals surface area contributed by atoms with Gasteiger partial charge in [-0.05, 0) is 62.5 Å². The summed E-state index contributed by atoms with van der Waals surface area (Å²) in [5.74, 6) is 0.760. The number of carbonyl (C=O) groups is 1. The Balaban J connectivity index is 1.59. The van der Waals surface area contributed by atoms with Crippen LogP contribution in [0.25, 0.3) is 21.7 Å². The van der Waals surface area contributed by atoms with Crippen LogP contribution in [0.1, 0.15) is 48.2 Å². The number of aryl methyl sites for hydroxylation is 1. The van der Waals surface area contributed by atoms with Gasteiger partial charge in [-0.15, -0.1) is 11.3 Å². The number of aromatic nitrogens is 2. The van der Waals surface area contributed by atoms with E-state index in [1.165, 1.54) is 12.8 Å². The second-order valence-corrected chi connectivity index (χ2v) is 8.31. The Kier molecular flexibility index (Phi) is 3.25. The summed E-state index contributed by atoms with van der Waals surface area (Å²) in [4.78, 5) is 18.7. The quantitative estimate of drug-likeness (QED) is 0.761. The third kappa shape index (κ3) is 2.39. The van der Waals surface area contributed by atoms with Gasteiger partial charge in [0.25, 0.3) is 11.6 Å². The van der Waals surface area contributed by atoms with E-state index in [1.54, 1.807) is 11.3 Å². The molecule has 3 aromatic heterocycles. The maximum absolute atomic E-state index is 13.2. The minimum atomic E-state index is -0.0287. The number of pyridine rings is 1. The predicted molar refractivity (Wildman–Crippen MR) is 96.6 cm³/mol. The minimum absolute atomic E-state index is 0.00842. The lowest BCUT2D eigenvalue weighted by molar-refractivity contribution is 0.0902. The van der Waals surface area contributed by atoms with Crippen LogP contribution in [0.2, 0.25) is 0 Å². The van der Waals surface area contributed by atoms with E-state index in [4.69, 9.17) is 4.52 Å². The fourth-order valence-electron chi connectivity index (χ4n) is 4.50. The fourth-order valence-corrected chi connectivity index (χ4v) is 5.19. The van der Waals surface area contributed by atoms with Gasteiger partial charge in [0.15, 0.2) is 0 Å². The number of fused-ring (bicyclic) bond motifs is 3. The SMILES string of the molecule is Cc1noc2nc(-c3cccs3)cc(C(=O)NC34CCC(CC3)C4)c12. The number of thiophene rings is 1. The molecule has 5 rings (SSSR count). The zero-order valence-electron chi connectivity index (χ0n) is 14.0. The molecule has 0 spiro atoms. The molecular formula is C19H19N3O2S. The molecule has 3 aromatic rings. The molecule has 0 atom stereocenters. The van der Waals surface area contributed by atoms with Crippen molar-refractivity contribution >= 4 is 28.3 Å². The van der Waals surface area contributed by atoms with Gasteiger partial charge in [0, 0.05) is 5.54 Å². The lowest BCUT2D eigenvalue weighted by Gasteiger charge is -2.28. The van der Waals surface area contributed by atoms with Crippen LogP contribution < -0.4 is 5.32 Å². The summed E-state index contributed by atoms with van der Waals surface area (Å²) in [6, 6.07) is 5.86. The van der Waals surface area contributed by atoms with E-state index in [0.29, 0.717) is 17.0 Å². The summed E-state index contributed by atoms with van der Waals surface area (Å²) in [6.45, 7) is 1.86. The Morgan fingerprint density at radius 3 is 2.92 bits per heavy atom. The van der Waals surface area contributed by atoms with Gasteiger partial charge in [-0.25, -0.2) is 4.98 Å². The van der Waals surface area contributed by atoms with E-state index in [1.807, 2.05) is 30.5 Å². The lowest BCUT2D eigenvalue weighted by atomic mass is 9.93. The van der Waals surface area contributed by atoms with Crippen molar-refractivity contribution in [1.82, 2.24) is 15.5 Å². The third-order valence-electron chi connectivity index (χ3n) is 5.76. The molecule has 128 valence electrons. The maximum Gasteiger partial charge on any atom is 0.259 e. The van der Waals surface area contributed by atoms with Gasteiger partial charge in [0.1, 0.15) is 0 Å². The molecule has 2 bridgehead atoms. The Morgan fingerprint density at radius 1 is 1.40 bits per heavy atom. The third-order valence-corrected chi connectivity index (χ3v) is 6.65. The van der Waals surface area contributed by atoms with Gasteiger partial charge in [0.05, 0.1) is 27.2 Å². The van der Waals surface area contributed by atoms with Crippen LogP contribution in [-0.4, -0.2) is 21.6 Å². The molecule has 3 heterocycles. The van der Waals surface area contributed by atoms with Crippen molar-refractivity contribution in [2.24, 2.45) is 5.92 Å². The molecule has 0 aromatic carbocycles. The Labute approximate surface area is 149 Å². The second-order valence-electron chi connectivity index (χ2n) is 7.36. The molecule has 1 N–H and O–H groups in total. The van der Waals surface area contributed by atoms with Crippen molar-refractivity contribution in [3.63, 3.8) is 0 Å². The summed E-state index contributed by atoms with van der Waals surface area (Å²) >= 11 is 1.60. The summed E-state index contributed by atoms with van der Waals surface area (Å²) in [5.41, 5.74) is 2.51. The first-order valence-corrected chi connectivity index (χ1v) is 9.65. The lowest BCUT2D eigenvalue weighted by Crippen LogP contribution is -2.45.